The largest absolute Gasteiger partial charge is 0.466 e. The summed E-state index contributed by atoms with van der Waals surface area (Å²) in [6.45, 7) is 5.66. The van der Waals surface area contributed by atoms with Gasteiger partial charge >= 0.3 is 5.97 Å². The van der Waals surface area contributed by atoms with Gasteiger partial charge in [0.05, 0.1) is 6.61 Å². The molecule has 0 aliphatic rings. The average Bonchev–Trinajstić information content (AvgIpc) is 2.25. The third-order valence-electron chi connectivity index (χ3n) is 2.34. The van der Waals surface area contributed by atoms with Crippen molar-refractivity contribution >= 4 is 5.97 Å². The summed E-state index contributed by atoms with van der Waals surface area (Å²) in [5.74, 6) is -0.172. The lowest BCUT2D eigenvalue weighted by atomic mass is 10.1. The van der Waals surface area contributed by atoms with E-state index in [1.165, 1.54) is 32.6 Å². The van der Waals surface area contributed by atoms with Gasteiger partial charge in [0.2, 0.25) is 0 Å². The second-order valence-electron chi connectivity index (χ2n) is 3.91. The predicted molar refractivity (Wildman–Crippen MR) is 68.3 cm³/mol. The van der Waals surface area contributed by atoms with E-state index < -0.39 is 0 Å². The SMILES string of the molecule is C=CC=CCCCCCCCCOC(C)=O. The van der Waals surface area contributed by atoms with Crippen molar-refractivity contribution < 1.29 is 9.53 Å². The minimum Gasteiger partial charge on any atom is -0.466 e. The predicted octanol–water partition coefficient (Wildman–Crippen LogP) is 4.02. The molecule has 0 fully saturated rings. The molecule has 0 radical (unpaired) electrons. The maximum absolute atomic E-state index is 10.5. The van der Waals surface area contributed by atoms with Gasteiger partial charge in [0, 0.05) is 6.92 Å². The van der Waals surface area contributed by atoms with Crippen LogP contribution in [0.15, 0.2) is 24.8 Å². The molecule has 2 heteroatoms. The molecule has 0 aromatic carbocycles. The maximum atomic E-state index is 10.5. The zero-order valence-corrected chi connectivity index (χ0v) is 10.4. The van der Waals surface area contributed by atoms with E-state index in [1.807, 2.05) is 12.2 Å². The number of rotatable bonds is 10. The second kappa shape index (κ2) is 12.0. The Morgan fingerprint density at radius 1 is 1.12 bits per heavy atom. The highest BCUT2D eigenvalue weighted by Crippen LogP contribution is 2.07. The molecule has 0 spiro atoms. The van der Waals surface area contributed by atoms with Crippen LogP contribution in [-0.4, -0.2) is 12.6 Å². The van der Waals surface area contributed by atoms with Crippen LogP contribution in [0.1, 0.15) is 51.9 Å². The van der Waals surface area contributed by atoms with Crippen molar-refractivity contribution in [3.63, 3.8) is 0 Å². The first-order valence-corrected chi connectivity index (χ1v) is 6.18. The molecule has 0 rings (SSSR count). The molecule has 0 aromatic rings. The van der Waals surface area contributed by atoms with Gasteiger partial charge in [0.15, 0.2) is 0 Å². The van der Waals surface area contributed by atoms with Crippen molar-refractivity contribution in [3.05, 3.63) is 24.8 Å². The average molecular weight is 224 g/mol. The van der Waals surface area contributed by atoms with E-state index in [-0.39, 0.29) is 5.97 Å². The lowest BCUT2D eigenvalue weighted by molar-refractivity contribution is -0.141. The van der Waals surface area contributed by atoms with Crippen molar-refractivity contribution in [3.8, 4) is 0 Å². The Morgan fingerprint density at radius 3 is 2.38 bits per heavy atom. The van der Waals surface area contributed by atoms with Crippen LogP contribution in [-0.2, 0) is 9.53 Å². The third kappa shape index (κ3) is 12.9. The number of allylic oxidation sites excluding steroid dienone is 3. The van der Waals surface area contributed by atoms with Crippen LogP contribution in [0.2, 0.25) is 0 Å². The van der Waals surface area contributed by atoms with Crippen LogP contribution in [0.4, 0.5) is 0 Å². The van der Waals surface area contributed by atoms with E-state index in [0.717, 1.165) is 19.3 Å². The van der Waals surface area contributed by atoms with E-state index in [2.05, 4.69) is 12.7 Å². The zero-order valence-electron chi connectivity index (χ0n) is 10.4. The Kier molecular flexibility index (Phi) is 11.2. The Hall–Kier alpha value is -1.05. The summed E-state index contributed by atoms with van der Waals surface area (Å²) in [5, 5.41) is 0. The fourth-order valence-corrected chi connectivity index (χ4v) is 1.48. The maximum Gasteiger partial charge on any atom is 0.302 e. The standard InChI is InChI=1S/C14H24O2/c1-3-4-5-6-7-8-9-10-11-12-13-16-14(2)15/h3-5H,1,6-13H2,2H3. The molecule has 0 unspecified atom stereocenters. The highest BCUT2D eigenvalue weighted by molar-refractivity contribution is 5.65. The van der Waals surface area contributed by atoms with Gasteiger partial charge in [0.1, 0.15) is 0 Å². The van der Waals surface area contributed by atoms with Gasteiger partial charge in [-0.1, -0.05) is 50.5 Å². The quantitative estimate of drug-likeness (QED) is 0.318. The molecule has 0 saturated heterocycles. The second-order valence-corrected chi connectivity index (χ2v) is 3.91. The van der Waals surface area contributed by atoms with Gasteiger partial charge in [-0.15, -0.1) is 0 Å². The summed E-state index contributed by atoms with van der Waals surface area (Å²) in [6, 6.07) is 0. The molecule has 0 amide bonds. The van der Waals surface area contributed by atoms with Crippen LogP contribution in [0, 0.1) is 0 Å². The highest BCUT2D eigenvalue weighted by atomic mass is 16.5. The number of hydrogen-bond donors (Lipinski definition) is 0. The molecule has 0 atom stereocenters. The zero-order chi connectivity index (χ0) is 12.1. The van der Waals surface area contributed by atoms with Crippen LogP contribution in [0.3, 0.4) is 0 Å². The van der Waals surface area contributed by atoms with Crippen molar-refractivity contribution in [1.29, 1.82) is 0 Å². The van der Waals surface area contributed by atoms with Crippen LogP contribution < -0.4 is 0 Å². The van der Waals surface area contributed by atoms with Gasteiger partial charge in [0.25, 0.3) is 0 Å². The van der Waals surface area contributed by atoms with Gasteiger partial charge in [-0.05, 0) is 19.3 Å². The van der Waals surface area contributed by atoms with Crippen LogP contribution in [0.25, 0.3) is 0 Å². The third-order valence-corrected chi connectivity index (χ3v) is 2.34. The van der Waals surface area contributed by atoms with Crippen molar-refractivity contribution in [1.82, 2.24) is 0 Å². The summed E-state index contributed by atoms with van der Waals surface area (Å²) in [4.78, 5) is 10.5. The summed E-state index contributed by atoms with van der Waals surface area (Å²) in [7, 11) is 0. The van der Waals surface area contributed by atoms with E-state index >= 15 is 0 Å². The molecular weight excluding hydrogens is 200 g/mol. The van der Waals surface area contributed by atoms with E-state index in [9.17, 15) is 4.79 Å². The first-order valence-electron chi connectivity index (χ1n) is 6.18. The molecule has 92 valence electrons. The fourth-order valence-electron chi connectivity index (χ4n) is 1.48. The molecule has 16 heavy (non-hydrogen) atoms. The number of esters is 1. The molecule has 0 N–H and O–H groups in total. The monoisotopic (exact) mass is 224 g/mol. The molecule has 0 saturated carbocycles. The Labute approximate surface area is 99.4 Å². The lowest BCUT2D eigenvalue weighted by Crippen LogP contribution is -1.99. The summed E-state index contributed by atoms with van der Waals surface area (Å²) in [5.41, 5.74) is 0. The van der Waals surface area contributed by atoms with Crippen molar-refractivity contribution in [2.45, 2.75) is 51.9 Å². The van der Waals surface area contributed by atoms with E-state index in [0.29, 0.717) is 6.61 Å². The smallest absolute Gasteiger partial charge is 0.302 e. The number of carbonyl (C=O) groups is 1. The molecule has 0 bridgehead atoms. The summed E-state index contributed by atoms with van der Waals surface area (Å²) >= 11 is 0. The van der Waals surface area contributed by atoms with Gasteiger partial charge in [-0.3, -0.25) is 4.79 Å². The van der Waals surface area contributed by atoms with E-state index in [1.54, 1.807) is 0 Å². The summed E-state index contributed by atoms with van der Waals surface area (Å²) in [6.07, 6.45) is 14.4. The Balaban J connectivity index is 3.01. The first kappa shape index (κ1) is 14.9. The molecule has 2 nitrogen and oxygen atoms in total. The molecule has 0 aliphatic carbocycles. The highest BCUT2D eigenvalue weighted by Gasteiger charge is 1.93. The molecule has 0 aromatic heterocycles. The van der Waals surface area contributed by atoms with Crippen LogP contribution in [0.5, 0.6) is 0 Å². The van der Waals surface area contributed by atoms with Gasteiger partial charge < -0.3 is 4.74 Å². The van der Waals surface area contributed by atoms with Crippen LogP contribution >= 0.6 is 0 Å². The normalized spacial score (nSPS) is 10.6. The Morgan fingerprint density at radius 2 is 1.75 bits per heavy atom. The Bertz CT molecular complexity index is 207. The molecular formula is C14H24O2. The lowest BCUT2D eigenvalue weighted by Gasteiger charge is -2.01. The summed E-state index contributed by atoms with van der Waals surface area (Å²) < 4.78 is 4.86. The fraction of sp³-hybridized carbons (Fsp3) is 0.643. The minimum atomic E-state index is -0.172. The minimum absolute atomic E-state index is 0.172. The van der Waals surface area contributed by atoms with Gasteiger partial charge in [-0.2, -0.15) is 0 Å². The van der Waals surface area contributed by atoms with Crippen molar-refractivity contribution in [2.24, 2.45) is 0 Å². The number of hydrogen-bond acceptors (Lipinski definition) is 2. The molecule has 0 heterocycles. The first-order chi connectivity index (χ1) is 7.77. The number of carbonyl (C=O) groups excluding carboxylic acids is 1. The van der Waals surface area contributed by atoms with Gasteiger partial charge in [-0.25, -0.2) is 0 Å². The number of unbranched alkanes of at least 4 members (excludes halogenated alkanes) is 6. The number of ether oxygens (including phenoxy) is 1. The van der Waals surface area contributed by atoms with E-state index in [4.69, 9.17) is 4.74 Å². The van der Waals surface area contributed by atoms with Crippen molar-refractivity contribution in [2.75, 3.05) is 6.61 Å². The topological polar surface area (TPSA) is 26.3 Å². The molecule has 0 aliphatic heterocycles.